The van der Waals surface area contributed by atoms with Crippen LogP contribution in [0, 0.1) is 11.8 Å². The van der Waals surface area contributed by atoms with Gasteiger partial charge in [0.2, 0.25) is 0 Å². The lowest BCUT2D eigenvalue weighted by atomic mass is 9.81. The number of alkyl halides is 3. The van der Waals surface area contributed by atoms with Crippen LogP contribution in [0.5, 0.6) is 0 Å². The Morgan fingerprint density at radius 2 is 1.83 bits per heavy atom. The third kappa shape index (κ3) is 1.47. The molecule has 3 atom stereocenters. The van der Waals surface area contributed by atoms with E-state index in [2.05, 4.69) is 0 Å². The standard InChI is InChI=1S/C9H13Cl3/c10-7-3-1-2-6-4-5-9(11,12)8(6)7/h6-8H,1-5H2/t6-,7?,8+/m1/s1. The summed E-state index contributed by atoms with van der Waals surface area (Å²) >= 11 is 18.7. The Kier molecular flexibility index (Phi) is 2.53. The van der Waals surface area contributed by atoms with Crippen molar-refractivity contribution in [1.82, 2.24) is 0 Å². The number of rotatable bonds is 0. The van der Waals surface area contributed by atoms with Gasteiger partial charge in [0.1, 0.15) is 4.33 Å². The highest BCUT2D eigenvalue weighted by atomic mass is 35.5. The first kappa shape index (κ1) is 9.43. The van der Waals surface area contributed by atoms with E-state index in [1.54, 1.807) is 0 Å². The normalized spacial score (nSPS) is 45.8. The van der Waals surface area contributed by atoms with Gasteiger partial charge in [-0.05, 0) is 31.6 Å². The molecule has 0 aliphatic heterocycles. The van der Waals surface area contributed by atoms with Gasteiger partial charge in [-0.15, -0.1) is 34.8 Å². The number of hydrogen-bond donors (Lipinski definition) is 0. The Bertz CT molecular complexity index is 179. The largest absolute Gasteiger partial charge is 0.123 e. The van der Waals surface area contributed by atoms with Crippen molar-refractivity contribution >= 4 is 34.8 Å². The minimum atomic E-state index is -0.530. The Balaban J connectivity index is 2.17. The summed E-state index contributed by atoms with van der Waals surface area (Å²) in [7, 11) is 0. The first-order chi connectivity index (χ1) is 5.61. The van der Waals surface area contributed by atoms with Crippen LogP contribution in [-0.4, -0.2) is 9.71 Å². The SMILES string of the molecule is ClC1CCC[C@@H]2CCC(Cl)(Cl)[C@H]12. The summed E-state index contributed by atoms with van der Waals surface area (Å²) in [4.78, 5) is 0. The van der Waals surface area contributed by atoms with Crippen molar-refractivity contribution in [3.63, 3.8) is 0 Å². The van der Waals surface area contributed by atoms with E-state index in [9.17, 15) is 0 Å². The highest BCUT2D eigenvalue weighted by Crippen LogP contribution is 2.55. The average Bonchev–Trinajstić information content (AvgIpc) is 2.29. The molecule has 0 spiro atoms. The molecule has 2 saturated carbocycles. The van der Waals surface area contributed by atoms with E-state index in [4.69, 9.17) is 34.8 Å². The van der Waals surface area contributed by atoms with Crippen molar-refractivity contribution in [3.8, 4) is 0 Å². The second kappa shape index (κ2) is 3.22. The molecule has 0 bridgehead atoms. The zero-order valence-electron chi connectivity index (χ0n) is 6.90. The van der Waals surface area contributed by atoms with E-state index in [1.165, 1.54) is 19.3 Å². The molecular formula is C9H13Cl3. The van der Waals surface area contributed by atoms with Crippen molar-refractivity contribution in [2.24, 2.45) is 11.8 Å². The molecule has 0 aromatic heterocycles. The molecule has 0 heterocycles. The number of halogens is 3. The van der Waals surface area contributed by atoms with Crippen LogP contribution < -0.4 is 0 Å². The zero-order chi connectivity index (χ0) is 8.77. The van der Waals surface area contributed by atoms with E-state index in [-0.39, 0.29) is 5.38 Å². The van der Waals surface area contributed by atoms with Gasteiger partial charge in [0.05, 0.1) is 0 Å². The maximum absolute atomic E-state index is 6.23. The van der Waals surface area contributed by atoms with Gasteiger partial charge in [0.25, 0.3) is 0 Å². The molecule has 2 rings (SSSR count). The molecule has 0 aromatic rings. The second-order valence-corrected chi connectivity index (χ2v) is 6.14. The lowest BCUT2D eigenvalue weighted by molar-refractivity contribution is 0.276. The molecule has 70 valence electrons. The van der Waals surface area contributed by atoms with Crippen LogP contribution in [0.4, 0.5) is 0 Å². The quantitative estimate of drug-likeness (QED) is 0.549. The molecule has 12 heavy (non-hydrogen) atoms. The van der Waals surface area contributed by atoms with E-state index >= 15 is 0 Å². The van der Waals surface area contributed by atoms with E-state index in [0.29, 0.717) is 11.8 Å². The fraction of sp³-hybridized carbons (Fsp3) is 1.00. The molecule has 0 radical (unpaired) electrons. The van der Waals surface area contributed by atoms with Gasteiger partial charge in [-0.25, -0.2) is 0 Å². The first-order valence-electron chi connectivity index (χ1n) is 4.63. The molecule has 2 aliphatic rings. The van der Waals surface area contributed by atoms with E-state index in [1.807, 2.05) is 0 Å². The van der Waals surface area contributed by atoms with Crippen LogP contribution in [-0.2, 0) is 0 Å². The first-order valence-corrected chi connectivity index (χ1v) is 5.82. The predicted octanol–water partition coefficient (Wildman–Crippen LogP) is 3.98. The maximum Gasteiger partial charge on any atom is 0.122 e. The molecule has 2 aliphatic carbocycles. The molecule has 0 amide bonds. The van der Waals surface area contributed by atoms with Crippen molar-refractivity contribution < 1.29 is 0 Å². The van der Waals surface area contributed by atoms with Crippen LogP contribution in [0.15, 0.2) is 0 Å². The minimum absolute atomic E-state index is 0.209. The second-order valence-electron chi connectivity index (χ2n) is 4.03. The molecule has 0 N–H and O–H groups in total. The van der Waals surface area contributed by atoms with Crippen LogP contribution >= 0.6 is 34.8 Å². The van der Waals surface area contributed by atoms with Gasteiger partial charge in [0.15, 0.2) is 0 Å². The summed E-state index contributed by atoms with van der Waals surface area (Å²) in [6.45, 7) is 0. The maximum atomic E-state index is 6.23. The van der Waals surface area contributed by atoms with Crippen LogP contribution in [0.3, 0.4) is 0 Å². The summed E-state index contributed by atoms with van der Waals surface area (Å²) in [6.07, 6.45) is 5.70. The zero-order valence-corrected chi connectivity index (χ0v) is 9.17. The highest BCUT2D eigenvalue weighted by molar-refractivity contribution is 6.49. The average molecular weight is 228 g/mol. The molecule has 0 saturated heterocycles. The molecule has 3 heteroatoms. The van der Waals surface area contributed by atoms with Gasteiger partial charge in [-0.3, -0.25) is 0 Å². The number of hydrogen-bond acceptors (Lipinski definition) is 0. The smallest absolute Gasteiger partial charge is 0.122 e. The van der Waals surface area contributed by atoms with Crippen molar-refractivity contribution in [2.75, 3.05) is 0 Å². The molecule has 0 nitrogen and oxygen atoms in total. The summed E-state index contributed by atoms with van der Waals surface area (Å²) in [6, 6.07) is 0. The molecule has 2 fully saturated rings. The molecule has 1 unspecified atom stereocenters. The summed E-state index contributed by atoms with van der Waals surface area (Å²) < 4.78 is -0.530. The summed E-state index contributed by atoms with van der Waals surface area (Å²) in [5.41, 5.74) is 0. The minimum Gasteiger partial charge on any atom is -0.123 e. The Hall–Kier alpha value is 0.870. The van der Waals surface area contributed by atoms with Crippen LogP contribution in [0.2, 0.25) is 0 Å². The predicted molar refractivity (Wildman–Crippen MR) is 54.1 cm³/mol. The van der Waals surface area contributed by atoms with Gasteiger partial charge in [-0.2, -0.15) is 0 Å². The van der Waals surface area contributed by atoms with Gasteiger partial charge in [-0.1, -0.05) is 6.42 Å². The third-order valence-electron chi connectivity index (χ3n) is 3.29. The topological polar surface area (TPSA) is 0 Å². The van der Waals surface area contributed by atoms with E-state index in [0.717, 1.165) is 12.8 Å². The van der Waals surface area contributed by atoms with Gasteiger partial charge < -0.3 is 0 Å². The summed E-state index contributed by atoms with van der Waals surface area (Å²) in [5.74, 6) is 1.03. The molecular weight excluding hydrogens is 214 g/mol. The van der Waals surface area contributed by atoms with Crippen molar-refractivity contribution in [3.05, 3.63) is 0 Å². The van der Waals surface area contributed by atoms with Crippen molar-refractivity contribution in [1.29, 1.82) is 0 Å². The van der Waals surface area contributed by atoms with Crippen LogP contribution in [0.1, 0.15) is 32.1 Å². The number of fused-ring (bicyclic) bond motifs is 1. The van der Waals surface area contributed by atoms with Gasteiger partial charge >= 0.3 is 0 Å². The van der Waals surface area contributed by atoms with E-state index < -0.39 is 4.33 Å². The monoisotopic (exact) mass is 226 g/mol. The lowest BCUT2D eigenvalue weighted by Gasteiger charge is -2.34. The third-order valence-corrected chi connectivity index (χ3v) is 4.66. The van der Waals surface area contributed by atoms with Crippen LogP contribution in [0.25, 0.3) is 0 Å². The molecule has 0 aromatic carbocycles. The Labute approximate surface area is 88.6 Å². The summed E-state index contributed by atoms with van der Waals surface area (Å²) in [5, 5.41) is 0.209. The van der Waals surface area contributed by atoms with Gasteiger partial charge in [0, 0.05) is 11.3 Å². The van der Waals surface area contributed by atoms with Crippen molar-refractivity contribution in [2.45, 2.75) is 41.8 Å². The highest BCUT2D eigenvalue weighted by Gasteiger charge is 2.50. The Morgan fingerprint density at radius 1 is 1.08 bits per heavy atom. The fourth-order valence-corrected chi connectivity index (χ4v) is 4.29. The fourth-order valence-electron chi connectivity index (χ4n) is 2.71. The Morgan fingerprint density at radius 3 is 2.50 bits per heavy atom. The lowest BCUT2D eigenvalue weighted by Crippen LogP contribution is -2.34.